The lowest BCUT2D eigenvalue weighted by molar-refractivity contribution is -0.130. The quantitative estimate of drug-likeness (QED) is 0.849. The molecular weight excluding hydrogens is 352 g/mol. The molecule has 2 aliphatic rings. The van der Waals surface area contributed by atoms with Crippen molar-refractivity contribution < 1.29 is 9.59 Å². The van der Waals surface area contributed by atoms with Crippen molar-refractivity contribution in [3.05, 3.63) is 35.4 Å². The van der Waals surface area contributed by atoms with Gasteiger partial charge in [-0.1, -0.05) is 18.6 Å². The van der Waals surface area contributed by atoms with Crippen LogP contribution in [0.4, 0.5) is 0 Å². The van der Waals surface area contributed by atoms with Gasteiger partial charge >= 0.3 is 0 Å². The Kier molecular flexibility index (Phi) is 7.11. The zero-order valence-corrected chi connectivity index (χ0v) is 16.2. The fourth-order valence-electron chi connectivity index (χ4n) is 3.15. The van der Waals surface area contributed by atoms with E-state index >= 15 is 0 Å². The molecule has 2 fully saturated rings. The Morgan fingerprint density at radius 2 is 1.84 bits per heavy atom. The van der Waals surface area contributed by atoms with E-state index in [1.54, 1.807) is 0 Å². The number of benzene rings is 1. The van der Waals surface area contributed by atoms with Gasteiger partial charge in [0.1, 0.15) is 0 Å². The fourth-order valence-corrected chi connectivity index (χ4v) is 6.05. The summed E-state index contributed by atoms with van der Waals surface area (Å²) in [5.41, 5.74) is 1.98. The van der Waals surface area contributed by atoms with E-state index in [9.17, 15) is 9.59 Å². The van der Waals surface area contributed by atoms with Crippen molar-refractivity contribution >= 4 is 35.3 Å². The van der Waals surface area contributed by atoms with E-state index in [0.717, 1.165) is 25.8 Å². The van der Waals surface area contributed by atoms with Gasteiger partial charge in [-0.05, 0) is 48.5 Å². The van der Waals surface area contributed by atoms with E-state index in [1.165, 1.54) is 23.5 Å². The summed E-state index contributed by atoms with van der Waals surface area (Å²) in [6, 6.07) is 7.97. The molecule has 0 radical (unpaired) electrons. The first-order valence-electron chi connectivity index (χ1n) is 9.13. The second-order valence-corrected chi connectivity index (χ2v) is 9.22. The average molecular weight is 379 g/mol. The lowest BCUT2D eigenvalue weighted by Gasteiger charge is -2.21. The van der Waals surface area contributed by atoms with Crippen LogP contribution in [0.2, 0.25) is 0 Å². The molecule has 25 heavy (non-hydrogen) atoms. The van der Waals surface area contributed by atoms with Gasteiger partial charge in [0.25, 0.3) is 5.91 Å². The lowest BCUT2D eigenvalue weighted by Crippen LogP contribution is -2.38. The van der Waals surface area contributed by atoms with Crippen LogP contribution in [0.1, 0.15) is 52.6 Å². The third-order valence-electron chi connectivity index (χ3n) is 4.61. The summed E-state index contributed by atoms with van der Waals surface area (Å²) < 4.78 is 0.500. The van der Waals surface area contributed by atoms with Crippen molar-refractivity contribution in [1.82, 2.24) is 10.2 Å². The molecule has 136 valence electrons. The molecule has 1 aromatic carbocycles. The molecule has 0 atom stereocenters. The average Bonchev–Trinajstić information content (AvgIpc) is 2.87. The second kappa shape index (κ2) is 9.53. The highest BCUT2D eigenvalue weighted by Crippen LogP contribution is 2.43. The van der Waals surface area contributed by atoms with Crippen molar-refractivity contribution in [3.8, 4) is 0 Å². The van der Waals surface area contributed by atoms with Crippen molar-refractivity contribution in [2.75, 3.05) is 31.1 Å². The maximum atomic E-state index is 12.3. The minimum atomic E-state index is -0.0576. The summed E-state index contributed by atoms with van der Waals surface area (Å²) in [5, 5.41) is 2.94. The molecule has 0 aliphatic carbocycles. The molecule has 2 heterocycles. The normalized spacial score (nSPS) is 19.5. The number of hydrogen-bond acceptors (Lipinski definition) is 4. The summed E-state index contributed by atoms with van der Waals surface area (Å²) in [6.45, 7) is 1.94. The molecule has 0 spiro atoms. The van der Waals surface area contributed by atoms with Crippen molar-refractivity contribution in [2.45, 2.75) is 36.7 Å². The van der Waals surface area contributed by atoms with Crippen LogP contribution in [0.15, 0.2) is 24.3 Å². The summed E-state index contributed by atoms with van der Waals surface area (Å²) >= 11 is 3.97. The fraction of sp³-hybridized carbons (Fsp3) is 0.579. The Morgan fingerprint density at radius 1 is 1.08 bits per heavy atom. The third-order valence-corrected chi connectivity index (χ3v) is 7.63. The predicted octanol–water partition coefficient (Wildman–Crippen LogP) is 3.69. The number of amides is 2. The molecular formula is C19H26N2O2S2. The van der Waals surface area contributed by atoms with Crippen molar-refractivity contribution in [2.24, 2.45) is 0 Å². The van der Waals surface area contributed by atoms with Gasteiger partial charge < -0.3 is 10.2 Å². The van der Waals surface area contributed by atoms with Gasteiger partial charge in [0.2, 0.25) is 5.91 Å². The van der Waals surface area contributed by atoms with Gasteiger partial charge in [0.05, 0.1) is 4.58 Å². The highest BCUT2D eigenvalue weighted by Gasteiger charge is 2.18. The van der Waals surface area contributed by atoms with Gasteiger partial charge in [-0.2, -0.15) is 0 Å². The number of likely N-dealkylation sites (tertiary alicyclic amines) is 1. The first-order chi connectivity index (χ1) is 12.2. The predicted molar refractivity (Wildman–Crippen MR) is 106 cm³/mol. The van der Waals surface area contributed by atoms with Gasteiger partial charge in [0.15, 0.2) is 0 Å². The first-order valence-corrected chi connectivity index (χ1v) is 11.2. The SMILES string of the molecule is O=C(NCCN1CCCCCC1=O)c1ccc(C2SCCCS2)cc1. The molecule has 0 bridgehead atoms. The number of carbonyl (C=O) groups is 2. The maximum Gasteiger partial charge on any atom is 0.251 e. The Hall–Kier alpha value is -1.14. The number of hydrogen-bond donors (Lipinski definition) is 1. The molecule has 2 aliphatic heterocycles. The molecule has 2 amide bonds. The van der Waals surface area contributed by atoms with E-state index < -0.39 is 0 Å². The Labute approximate surface area is 158 Å². The lowest BCUT2D eigenvalue weighted by atomic mass is 10.1. The monoisotopic (exact) mass is 378 g/mol. The molecule has 1 N–H and O–H groups in total. The van der Waals surface area contributed by atoms with Gasteiger partial charge in [-0.25, -0.2) is 0 Å². The molecule has 6 heteroatoms. The van der Waals surface area contributed by atoms with Crippen LogP contribution < -0.4 is 5.32 Å². The van der Waals surface area contributed by atoms with E-state index in [2.05, 4.69) is 17.4 Å². The van der Waals surface area contributed by atoms with Crippen LogP contribution in [0.5, 0.6) is 0 Å². The summed E-state index contributed by atoms with van der Waals surface area (Å²) in [4.78, 5) is 26.1. The number of carbonyl (C=O) groups excluding carboxylic acids is 2. The van der Waals surface area contributed by atoms with Crippen LogP contribution in [-0.4, -0.2) is 47.9 Å². The smallest absolute Gasteiger partial charge is 0.251 e. The minimum Gasteiger partial charge on any atom is -0.350 e. The minimum absolute atomic E-state index is 0.0576. The van der Waals surface area contributed by atoms with E-state index in [4.69, 9.17) is 0 Å². The molecule has 3 rings (SSSR count). The van der Waals surface area contributed by atoms with Gasteiger partial charge in [-0.3, -0.25) is 9.59 Å². The molecule has 0 aromatic heterocycles. The standard InChI is InChI=1S/C19H26N2O2S2/c22-17-5-2-1-3-11-21(17)12-10-20-18(23)15-6-8-16(9-7-15)19-24-13-4-14-25-19/h6-9,19H,1-5,10-14H2,(H,20,23). The first kappa shape index (κ1) is 18.6. The largest absolute Gasteiger partial charge is 0.350 e. The summed E-state index contributed by atoms with van der Waals surface area (Å²) in [5.74, 6) is 2.60. The van der Waals surface area contributed by atoms with E-state index in [0.29, 0.717) is 29.7 Å². The van der Waals surface area contributed by atoms with E-state index in [1.807, 2.05) is 40.6 Å². The van der Waals surface area contributed by atoms with Crippen LogP contribution in [0.25, 0.3) is 0 Å². The molecule has 1 aromatic rings. The van der Waals surface area contributed by atoms with Gasteiger partial charge in [-0.15, -0.1) is 23.5 Å². The zero-order chi connectivity index (χ0) is 17.5. The Morgan fingerprint density at radius 3 is 2.60 bits per heavy atom. The highest BCUT2D eigenvalue weighted by atomic mass is 32.2. The second-order valence-electron chi connectivity index (χ2n) is 6.50. The van der Waals surface area contributed by atoms with Gasteiger partial charge in [0, 0.05) is 31.6 Å². The molecule has 0 saturated carbocycles. The number of rotatable bonds is 5. The number of thioether (sulfide) groups is 2. The maximum absolute atomic E-state index is 12.3. The van der Waals surface area contributed by atoms with Crippen LogP contribution in [-0.2, 0) is 4.79 Å². The topological polar surface area (TPSA) is 49.4 Å². The third kappa shape index (κ3) is 5.42. The summed E-state index contributed by atoms with van der Waals surface area (Å²) in [7, 11) is 0. The van der Waals surface area contributed by atoms with Crippen LogP contribution in [0, 0.1) is 0 Å². The zero-order valence-electron chi connectivity index (χ0n) is 14.5. The number of nitrogens with zero attached hydrogens (tertiary/aromatic N) is 1. The number of nitrogens with one attached hydrogen (secondary N) is 1. The van der Waals surface area contributed by atoms with E-state index in [-0.39, 0.29) is 11.8 Å². The van der Waals surface area contributed by atoms with Crippen molar-refractivity contribution in [1.29, 1.82) is 0 Å². The van der Waals surface area contributed by atoms with Crippen LogP contribution >= 0.6 is 23.5 Å². The summed E-state index contributed by atoms with van der Waals surface area (Å²) in [6.07, 6.45) is 5.11. The molecule has 0 unspecified atom stereocenters. The Bertz CT molecular complexity index is 586. The van der Waals surface area contributed by atoms with Crippen LogP contribution in [0.3, 0.4) is 0 Å². The molecule has 2 saturated heterocycles. The Balaban J connectivity index is 1.46. The highest BCUT2D eigenvalue weighted by molar-refractivity contribution is 8.16. The molecule has 4 nitrogen and oxygen atoms in total. The van der Waals surface area contributed by atoms with Crippen molar-refractivity contribution in [3.63, 3.8) is 0 Å².